The molecule has 2 heterocycles. The van der Waals surface area contributed by atoms with Gasteiger partial charge in [0, 0.05) is 5.56 Å². The first-order valence-electron chi connectivity index (χ1n) is 10.1. The molecule has 1 aromatic carbocycles. The van der Waals surface area contributed by atoms with Gasteiger partial charge in [-0.05, 0) is 48.3 Å². The van der Waals surface area contributed by atoms with Crippen molar-refractivity contribution in [1.82, 2.24) is 5.01 Å². The normalized spacial score (nSPS) is 33.3. The molecule has 1 aromatic heterocycles. The lowest BCUT2D eigenvalue weighted by Gasteiger charge is -2.37. The summed E-state index contributed by atoms with van der Waals surface area (Å²) in [6, 6.07) is 9.83. The standard InChI is InChI=1S/C23H18N2O5/c26-21-19-13-6-7-14(17-9-16(13)17)20(19)22(27)25(21)24-10-11-5-8-18(30-11)12-3-1-2-4-15(12)23(28)29/h1-8,10,13-14,16-17,19-20H,9H2,(H,28,29)/b24-10-/t13-,14-,16-,17+,19+,20+/m1/s1. The number of carbonyl (C=O) groups excluding carboxylic acids is 2. The molecule has 1 saturated heterocycles. The van der Waals surface area contributed by atoms with E-state index in [1.807, 2.05) is 0 Å². The lowest BCUT2D eigenvalue weighted by Crippen LogP contribution is -2.40. The fourth-order valence-electron chi connectivity index (χ4n) is 5.62. The van der Waals surface area contributed by atoms with Gasteiger partial charge in [-0.25, -0.2) is 4.79 Å². The fraction of sp³-hybridized carbons (Fsp3) is 0.304. The van der Waals surface area contributed by atoms with Crippen LogP contribution in [0, 0.1) is 35.5 Å². The summed E-state index contributed by atoms with van der Waals surface area (Å²) < 4.78 is 5.71. The molecule has 0 radical (unpaired) electrons. The average Bonchev–Trinajstić information content (AvgIpc) is 3.39. The van der Waals surface area contributed by atoms with E-state index in [-0.39, 0.29) is 41.0 Å². The highest BCUT2D eigenvalue weighted by Crippen LogP contribution is 2.65. The molecule has 6 atom stereocenters. The quantitative estimate of drug-likeness (QED) is 0.481. The van der Waals surface area contributed by atoms with Crippen molar-refractivity contribution in [2.45, 2.75) is 6.42 Å². The highest BCUT2D eigenvalue weighted by atomic mass is 16.4. The molecular weight excluding hydrogens is 384 g/mol. The van der Waals surface area contributed by atoms with Gasteiger partial charge >= 0.3 is 5.97 Å². The van der Waals surface area contributed by atoms with Gasteiger partial charge in [0.2, 0.25) is 0 Å². The van der Waals surface area contributed by atoms with Crippen molar-refractivity contribution in [3.63, 3.8) is 0 Å². The zero-order chi connectivity index (χ0) is 20.6. The van der Waals surface area contributed by atoms with E-state index in [1.54, 1.807) is 30.3 Å². The van der Waals surface area contributed by atoms with Gasteiger partial charge < -0.3 is 9.52 Å². The number of rotatable bonds is 4. The Bertz CT molecular complexity index is 1130. The summed E-state index contributed by atoms with van der Waals surface area (Å²) in [7, 11) is 0. The molecule has 3 fully saturated rings. The summed E-state index contributed by atoms with van der Waals surface area (Å²) in [5, 5.41) is 14.5. The van der Waals surface area contributed by atoms with Gasteiger partial charge in [-0.2, -0.15) is 10.1 Å². The van der Waals surface area contributed by atoms with E-state index in [0.717, 1.165) is 11.4 Å². The van der Waals surface area contributed by atoms with Crippen LogP contribution in [0.15, 0.2) is 58.1 Å². The molecule has 2 bridgehead atoms. The predicted molar refractivity (Wildman–Crippen MR) is 105 cm³/mol. The Hall–Kier alpha value is -3.48. The van der Waals surface area contributed by atoms with E-state index < -0.39 is 5.97 Å². The lowest BCUT2D eigenvalue weighted by molar-refractivity contribution is -0.140. The Balaban J connectivity index is 1.26. The zero-order valence-electron chi connectivity index (χ0n) is 15.8. The number of hydrogen-bond acceptors (Lipinski definition) is 5. The van der Waals surface area contributed by atoms with Crippen LogP contribution in [0.4, 0.5) is 0 Å². The number of hydrogen-bond donors (Lipinski definition) is 1. The fourth-order valence-corrected chi connectivity index (χ4v) is 5.62. The third-order valence-corrected chi connectivity index (χ3v) is 6.99. The van der Waals surface area contributed by atoms with Crippen LogP contribution in [0.25, 0.3) is 11.3 Å². The van der Waals surface area contributed by atoms with E-state index in [9.17, 15) is 19.5 Å². The molecule has 2 amide bonds. The minimum atomic E-state index is -1.05. The van der Waals surface area contributed by atoms with E-state index >= 15 is 0 Å². The Labute approximate surface area is 171 Å². The maximum absolute atomic E-state index is 12.9. The van der Waals surface area contributed by atoms with Gasteiger partial charge in [0.25, 0.3) is 11.8 Å². The first-order chi connectivity index (χ1) is 14.5. The van der Waals surface area contributed by atoms with Crippen LogP contribution in [-0.2, 0) is 9.59 Å². The van der Waals surface area contributed by atoms with Crippen molar-refractivity contribution >= 4 is 24.0 Å². The number of allylic oxidation sites excluding steroid dienone is 2. The third-order valence-electron chi connectivity index (χ3n) is 6.99. The van der Waals surface area contributed by atoms with Crippen molar-refractivity contribution in [3.05, 3.63) is 59.9 Å². The number of carboxylic acids is 1. The maximum Gasteiger partial charge on any atom is 0.336 e. The van der Waals surface area contributed by atoms with Crippen LogP contribution < -0.4 is 0 Å². The Morgan fingerprint density at radius 2 is 1.70 bits per heavy atom. The molecule has 2 saturated carbocycles. The summed E-state index contributed by atoms with van der Waals surface area (Å²) in [6.07, 6.45) is 6.70. The topological polar surface area (TPSA) is 100 Å². The number of carboxylic acid groups (broad SMARTS) is 1. The summed E-state index contributed by atoms with van der Waals surface area (Å²) in [5.41, 5.74) is 0.580. The summed E-state index contributed by atoms with van der Waals surface area (Å²) >= 11 is 0. The molecule has 0 spiro atoms. The van der Waals surface area contributed by atoms with Crippen molar-refractivity contribution < 1.29 is 23.9 Å². The van der Waals surface area contributed by atoms with Crippen molar-refractivity contribution in [2.75, 3.05) is 0 Å². The van der Waals surface area contributed by atoms with Crippen molar-refractivity contribution in [2.24, 2.45) is 40.6 Å². The molecule has 1 aliphatic heterocycles. The van der Waals surface area contributed by atoms with Gasteiger partial charge in [0.15, 0.2) is 0 Å². The van der Waals surface area contributed by atoms with Crippen LogP contribution in [0.5, 0.6) is 0 Å². The van der Waals surface area contributed by atoms with Crippen LogP contribution >= 0.6 is 0 Å². The smallest absolute Gasteiger partial charge is 0.336 e. The molecular formula is C23H18N2O5. The number of aromatic carboxylic acids is 1. The third kappa shape index (κ3) is 2.32. The summed E-state index contributed by atoms with van der Waals surface area (Å²) in [6.45, 7) is 0. The highest BCUT2D eigenvalue weighted by Gasteiger charge is 2.67. The lowest BCUT2D eigenvalue weighted by atomic mass is 9.63. The van der Waals surface area contributed by atoms with Gasteiger partial charge in [-0.3, -0.25) is 9.59 Å². The zero-order valence-corrected chi connectivity index (χ0v) is 15.8. The molecule has 150 valence electrons. The van der Waals surface area contributed by atoms with Crippen molar-refractivity contribution in [1.29, 1.82) is 0 Å². The number of nitrogens with zero attached hydrogens (tertiary/aromatic N) is 2. The van der Waals surface area contributed by atoms with E-state index in [4.69, 9.17) is 4.42 Å². The van der Waals surface area contributed by atoms with Crippen molar-refractivity contribution in [3.8, 4) is 11.3 Å². The summed E-state index contributed by atoms with van der Waals surface area (Å²) in [4.78, 5) is 37.3. The predicted octanol–water partition coefficient (Wildman–Crippen LogP) is 3.03. The van der Waals surface area contributed by atoms with E-state index in [2.05, 4.69) is 17.3 Å². The number of amides is 2. The Kier molecular flexibility index (Phi) is 3.48. The Morgan fingerprint density at radius 1 is 1.03 bits per heavy atom. The maximum atomic E-state index is 12.9. The van der Waals surface area contributed by atoms with E-state index in [0.29, 0.717) is 28.9 Å². The van der Waals surface area contributed by atoms with Crippen LogP contribution in [0.2, 0.25) is 0 Å². The Morgan fingerprint density at radius 3 is 2.37 bits per heavy atom. The number of hydrazone groups is 1. The first-order valence-corrected chi connectivity index (χ1v) is 10.1. The van der Waals surface area contributed by atoms with Gasteiger partial charge in [0.05, 0.1) is 23.6 Å². The minimum Gasteiger partial charge on any atom is -0.478 e. The van der Waals surface area contributed by atoms with E-state index in [1.165, 1.54) is 12.3 Å². The number of furan rings is 1. The van der Waals surface area contributed by atoms with Crippen LogP contribution in [0.3, 0.4) is 0 Å². The molecule has 2 aromatic rings. The monoisotopic (exact) mass is 402 g/mol. The number of benzene rings is 1. The molecule has 7 rings (SSSR count). The summed E-state index contributed by atoms with van der Waals surface area (Å²) in [5.74, 6) is 0.0407. The van der Waals surface area contributed by atoms with Gasteiger partial charge in [-0.15, -0.1) is 0 Å². The molecule has 4 aliphatic carbocycles. The second-order valence-electron chi connectivity index (χ2n) is 8.44. The molecule has 30 heavy (non-hydrogen) atoms. The molecule has 7 nitrogen and oxygen atoms in total. The molecule has 0 unspecified atom stereocenters. The van der Waals surface area contributed by atoms with Crippen LogP contribution in [0.1, 0.15) is 22.5 Å². The SMILES string of the molecule is O=C(O)c1ccccc1-c1ccc(/C=N\N2C(=O)[C@H]3[C@@H]4C=C[C@H]([C@@H]5C[C@H]45)[C@@H]3C2=O)o1. The number of imide groups is 1. The average molecular weight is 402 g/mol. The number of carbonyl (C=O) groups is 3. The molecule has 5 aliphatic rings. The minimum absolute atomic E-state index is 0.130. The van der Waals surface area contributed by atoms with Gasteiger partial charge in [0.1, 0.15) is 11.5 Å². The highest BCUT2D eigenvalue weighted by molar-refractivity contribution is 6.06. The second kappa shape index (κ2) is 6.01. The second-order valence-corrected chi connectivity index (χ2v) is 8.44. The van der Waals surface area contributed by atoms with Gasteiger partial charge in [-0.1, -0.05) is 30.4 Å². The molecule has 1 N–H and O–H groups in total. The first kappa shape index (κ1) is 17.4. The van der Waals surface area contributed by atoms with Crippen LogP contribution in [-0.4, -0.2) is 34.1 Å². The molecule has 7 heteroatoms. The largest absolute Gasteiger partial charge is 0.478 e.